The van der Waals surface area contributed by atoms with Gasteiger partial charge in [0.15, 0.2) is 11.0 Å². The molecule has 1 amide bonds. The highest BCUT2D eigenvalue weighted by molar-refractivity contribution is 7.18. The van der Waals surface area contributed by atoms with Gasteiger partial charge in [-0.2, -0.15) is 0 Å². The van der Waals surface area contributed by atoms with E-state index in [1.807, 2.05) is 0 Å². The summed E-state index contributed by atoms with van der Waals surface area (Å²) in [6, 6.07) is 1.46. The molecule has 0 saturated carbocycles. The number of carbonyl (C=O) groups excluding carboxylic acids is 2. The quantitative estimate of drug-likeness (QED) is 0.728. The van der Waals surface area contributed by atoms with E-state index in [0.29, 0.717) is 10.9 Å². The molecule has 140 valence electrons. The average Bonchev–Trinajstić information content (AvgIpc) is 2.87. The standard InChI is InChI=1S/C16H21ClFNO5S/c1-16(2,3)24-15(21)19-6-5-10(9(18)8-19)23-11-7-12(17)25-13(11)14(20)22-4/h7,9-10H,5-6,8H2,1-4H3. The Morgan fingerprint density at radius 1 is 1.40 bits per heavy atom. The summed E-state index contributed by atoms with van der Waals surface area (Å²) in [6.45, 7) is 5.42. The van der Waals surface area contributed by atoms with Gasteiger partial charge in [0, 0.05) is 19.0 Å². The SMILES string of the molecule is COC(=O)c1sc(Cl)cc1OC1CCN(C(=O)OC(C)(C)C)CC1F. The second-order valence-corrected chi connectivity index (χ2v) is 8.31. The number of ether oxygens (including phenoxy) is 3. The summed E-state index contributed by atoms with van der Waals surface area (Å²) in [7, 11) is 1.25. The predicted molar refractivity (Wildman–Crippen MR) is 92.4 cm³/mol. The van der Waals surface area contributed by atoms with E-state index in [9.17, 15) is 14.0 Å². The van der Waals surface area contributed by atoms with Crippen molar-refractivity contribution in [3.05, 3.63) is 15.3 Å². The molecule has 2 unspecified atom stereocenters. The average molecular weight is 394 g/mol. The van der Waals surface area contributed by atoms with Crippen molar-refractivity contribution in [2.24, 2.45) is 0 Å². The number of hydrogen-bond donors (Lipinski definition) is 0. The van der Waals surface area contributed by atoms with Crippen LogP contribution >= 0.6 is 22.9 Å². The third-order valence-electron chi connectivity index (χ3n) is 3.45. The molecular weight excluding hydrogens is 373 g/mol. The fraction of sp³-hybridized carbons (Fsp3) is 0.625. The molecule has 1 aliphatic heterocycles. The van der Waals surface area contributed by atoms with E-state index >= 15 is 0 Å². The van der Waals surface area contributed by atoms with Gasteiger partial charge in [-0.25, -0.2) is 14.0 Å². The molecule has 2 rings (SSSR count). The third-order valence-corrected chi connectivity index (χ3v) is 4.68. The van der Waals surface area contributed by atoms with Crippen molar-refractivity contribution >= 4 is 35.0 Å². The highest BCUT2D eigenvalue weighted by Gasteiger charge is 2.36. The van der Waals surface area contributed by atoms with Crippen LogP contribution in [0.25, 0.3) is 0 Å². The van der Waals surface area contributed by atoms with Crippen LogP contribution < -0.4 is 4.74 Å². The van der Waals surface area contributed by atoms with Gasteiger partial charge in [-0.05, 0) is 20.8 Å². The molecule has 2 atom stereocenters. The van der Waals surface area contributed by atoms with Crippen molar-refractivity contribution < 1.29 is 28.2 Å². The minimum atomic E-state index is -1.41. The highest BCUT2D eigenvalue weighted by Crippen LogP contribution is 2.35. The number of esters is 1. The van der Waals surface area contributed by atoms with Gasteiger partial charge >= 0.3 is 12.1 Å². The fourth-order valence-electron chi connectivity index (χ4n) is 2.34. The molecule has 0 radical (unpaired) electrons. The molecule has 1 fully saturated rings. The van der Waals surface area contributed by atoms with Gasteiger partial charge in [0.05, 0.1) is 18.0 Å². The van der Waals surface area contributed by atoms with E-state index in [-0.39, 0.29) is 23.6 Å². The van der Waals surface area contributed by atoms with E-state index in [0.717, 1.165) is 11.3 Å². The molecule has 6 nitrogen and oxygen atoms in total. The smallest absolute Gasteiger partial charge is 0.410 e. The number of likely N-dealkylation sites (tertiary alicyclic amines) is 1. The van der Waals surface area contributed by atoms with Crippen molar-refractivity contribution in [3.63, 3.8) is 0 Å². The van der Waals surface area contributed by atoms with Gasteiger partial charge in [-0.1, -0.05) is 11.6 Å². The Balaban J connectivity index is 2.01. The van der Waals surface area contributed by atoms with E-state index in [2.05, 4.69) is 4.74 Å². The molecule has 1 aromatic heterocycles. The van der Waals surface area contributed by atoms with Crippen molar-refractivity contribution in [2.45, 2.75) is 45.1 Å². The number of thiophene rings is 1. The van der Waals surface area contributed by atoms with Gasteiger partial charge in [-0.3, -0.25) is 0 Å². The largest absolute Gasteiger partial charge is 0.485 e. The Kier molecular flexibility index (Phi) is 6.16. The molecule has 25 heavy (non-hydrogen) atoms. The first-order chi connectivity index (χ1) is 11.6. The number of alkyl halides is 1. The Hall–Kier alpha value is -1.54. The van der Waals surface area contributed by atoms with Crippen LogP contribution in [0.5, 0.6) is 5.75 Å². The number of methoxy groups -OCH3 is 1. The van der Waals surface area contributed by atoms with Gasteiger partial charge in [-0.15, -0.1) is 11.3 Å². The van der Waals surface area contributed by atoms with Crippen molar-refractivity contribution in [1.29, 1.82) is 0 Å². The molecule has 2 heterocycles. The van der Waals surface area contributed by atoms with E-state index in [4.69, 9.17) is 21.1 Å². The van der Waals surface area contributed by atoms with E-state index in [1.165, 1.54) is 18.1 Å². The number of amides is 1. The molecular formula is C16H21ClFNO5S. The molecule has 1 saturated heterocycles. The normalized spacial score (nSPS) is 21.0. The van der Waals surface area contributed by atoms with Crippen LogP contribution in [-0.4, -0.2) is 55.0 Å². The van der Waals surface area contributed by atoms with Crippen LogP contribution in [0.4, 0.5) is 9.18 Å². The number of hydrogen-bond acceptors (Lipinski definition) is 6. The Morgan fingerprint density at radius 2 is 2.08 bits per heavy atom. The lowest BCUT2D eigenvalue weighted by atomic mass is 10.1. The zero-order chi connectivity index (χ0) is 18.8. The van der Waals surface area contributed by atoms with E-state index in [1.54, 1.807) is 20.8 Å². The van der Waals surface area contributed by atoms with Gasteiger partial charge in [0.25, 0.3) is 0 Å². The first-order valence-electron chi connectivity index (χ1n) is 7.77. The van der Waals surface area contributed by atoms with Crippen LogP contribution in [0.3, 0.4) is 0 Å². The van der Waals surface area contributed by atoms with Crippen molar-refractivity contribution in [1.82, 2.24) is 4.90 Å². The third kappa shape index (κ3) is 5.22. The maximum atomic E-state index is 14.5. The monoisotopic (exact) mass is 393 g/mol. The lowest BCUT2D eigenvalue weighted by Crippen LogP contribution is -2.50. The van der Waals surface area contributed by atoms with Crippen molar-refractivity contribution in [3.8, 4) is 5.75 Å². The zero-order valence-electron chi connectivity index (χ0n) is 14.5. The highest BCUT2D eigenvalue weighted by atomic mass is 35.5. The van der Waals surface area contributed by atoms with Crippen LogP contribution in [-0.2, 0) is 9.47 Å². The van der Waals surface area contributed by atoms with Crippen LogP contribution in [0.2, 0.25) is 4.34 Å². The predicted octanol–water partition coefficient (Wildman–Crippen LogP) is 3.91. The second kappa shape index (κ2) is 7.78. The number of halogens is 2. The molecule has 0 aliphatic carbocycles. The van der Waals surface area contributed by atoms with Crippen LogP contribution in [0, 0.1) is 0 Å². The summed E-state index contributed by atoms with van der Waals surface area (Å²) in [4.78, 5) is 25.3. The first kappa shape index (κ1) is 19.8. The molecule has 9 heteroatoms. The van der Waals surface area contributed by atoms with Crippen LogP contribution in [0.1, 0.15) is 36.9 Å². The summed E-state index contributed by atoms with van der Waals surface area (Å²) in [6.07, 6.45) is -2.48. The summed E-state index contributed by atoms with van der Waals surface area (Å²) in [5, 5.41) is 0. The Bertz CT molecular complexity index is 645. The van der Waals surface area contributed by atoms with E-state index < -0.39 is 29.9 Å². The summed E-state index contributed by atoms with van der Waals surface area (Å²) >= 11 is 6.92. The minimum absolute atomic E-state index is 0.134. The summed E-state index contributed by atoms with van der Waals surface area (Å²) in [5.41, 5.74) is -0.640. The number of carbonyl (C=O) groups is 2. The lowest BCUT2D eigenvalue weighted by molar-refractivity contribution is -0.0106. The number of nitrogens with zero attached hydrogens (tertiary/aromatic N) is 1. The molecule has 0 bridgehead atoms. The van der Waals surface area contributed by atoms with Crippen molar-refractivity contribution in [2.75, 3.05) is 20.2 Å². The Labute approximate surface area is 154 Å². The van der Waals surface area contributed by atoms with Gasteiger partial charge < -0.3 is 19.1 Å². The Morgan fingerprint density at radius 3 is 2.64 bits per heavy atom. The maximum absolute atomic E-state index is 14.5. The maximum Gasteiger partial charge on any atom is 0.410 e. The molecule has 1 aromatic rings. The molecule has 1 aliphatic rings. The second-order valence-electron chi connectivity index (χ2n) is 6.62. The number of piperidine rings is 1. The molecule has 0 spiro atoms. The molecule has 0 aromatic carbocycles. The summed E-state index contributed by atoms with van der Waals surface area (Å²) in [5.74, 6) is -0.395. The lowest BCUT2D eigenvalue weighted by Gasteiger charge is -2.35. The fourth-order valence-corrected chi connectivity index (χ4v) is 3.41. The minimum Gasteiger partial charge on any atom is -0.485 e. The summed E-state index contributed by atoms with van der Waals surface area (Å²) < 4.78 is 30.4. The number of rotatable bonds is 3. The topological polar surface area (TPSA) is 65.1 Å². The first-order valence-corrected chi connectivity index (χ1v) is 8.96. The molecule has 0 N–H and O–H groups in total. The zero-order valence-corrected chi connectivity index (χ0v) is 16.1. The van der Waals surface area contributed by atoms with Gasteiger partial charge in [0.2, 0.25) is 0 Å². The van der Waals surface area contributed by atoms with Gasteiger partial charge in [0.1, 0.15) is 17.5 Å². The van der Waals surface area contributed by atoms with Crippen LogP contribution in [0.15, 0.2) is 6.07 Å².